The normalized spacial score (nSPS) is 16.1. The molecule has 2 heterocycles. The van der Waals surface area contributed by atoms with Crippen LogP contribution in [0.3, 0.4) is 0 Å². The zero-order valence-electron chi connectivity index (χ0n) is 12.6. The molecule has 1 aliphatic carbocycles. The van der Waals surface area contributed by atoms with Gasteiger partial charge in [-0.2, -0.15) is 5.10 Å². The van der Waals surface area contributed by atoms with E-state index in [-0.39, 0.29) is 5.91 Å². The number of hydrogen-bond acceptors (Lipinski definition) is 3. The van der Waals surface area contributed by atoms with Crippen LogP contribution in [0.1, 0.15) is 58.3 Å². The summed E-state index contributed by atoms with van der Waals surface area (Å²) in [4.78, 5) is 14.3. The minimum absolute atomic E-state index is 0.0336. The van der Waals surface area contributed by atoms with Crippen molar-refractivity contribution in [2.45, 2.75) is 52.0 Å². The first-order chi connectivity index (χ1) is 10.1. The molecular weight excluding hydrogens is 282 g/mol. The Bertz CT molecular complexity index is 618. The van der Waals surface area contributed by atoms with Gasteiger partial charge in [-0.3, -0.25) is 4.79 Å². The molecule has 21 heavy (non-hydrogen) atoms. The van der Waals surface area contributed by atoms with Crippen LogP contribution in [-0.2, 0) is 0 Å². The summed E-state index contributed by atoms with van der Waals surface area (Å²) in [6.07, 6.45) is 7.90. The number of carbonyl (C=O) groups excluding carboxylic acids is 1. The average molecular weight is 303 g/mol. The van der Waals surface area contributed by atoms with Crippen molar-refractivity contribution >= 4 is 23.1 Å². The smallest absolute Gasteiger partial charge is 0.266 e. The first-order valence-electron chi connectivity index (χ1n) is 7.57. The highest BCUT2D eigenvalue weighted by atomic mass is 32.1. The van der Waals surface area contributed by atoms with Crippen LogP contribution in [0.2, 0.25) is 0 Å². The predicted molar refractivity (Wildman–Crippen MR) is 86.1 cm³/mol. The Morgan fingerprint density at radius 3 is 2.76 bits per heavy atom. The van der Waals surface area contributed by atoms with Crippen LogP contribution in [0.15, 0.2) is 18.3 Å². The van der Waals surface area contributed by atoms with Crippen LogP contribution in [0.5, 0.6) is 0 Å². The van der Waals surface area contributed by atoms with Crippen LogP contribution in [0.25, 0.3) is 0 Å². The van der Waals surface area contributed by atoms with Crippen molar-refractivity contribution in [2.24, 2.45) is 0 Å². The van der Waals surface area contributed by atoms with E-state index in [1.807, 2.05) is 30.7 Å². The first kappa shape index (κ1) is 14.3. The fraction of sp³-hybridized carbons (Fsp3) is 0.500. The van der Waals surface area contributed by atoms with Crippen molar-refractivity contribution in [3.8, 4) is 0 Å². The molecule has 2 aromatic heterocycles. The van der Waals surface area contributed by atoms with Crippen LogP contribution >= 0.6 is 11.3 Å². The van der Waals surface area contributed by atoms with Gasteiger partial charge in [0.2, 0.25) is 0 Å². The summed E-state index contributed by atoms with van der Waals surface area (Å²) in [7, 11) is 0. The molecule has 0 spiro atoms. The third-order valence-electron chi connectivity index (χ3n) is 4.22. The zero-order valence-corrected chi connectivity index (χ0v) is 13.4. The molecule has 2 aromatic rings. The number of thiophene rings is 1. The molecular formula is C16H21N3OS. The van der Waals surface area contributed by atoms with Crippen molar-refractivity contribution < 1.29 is 4.79 Å². The van der Waals surface area contributed by atoms with Crippen LogP contribution in [-0.4, -0.2) is 15.7 Å². The molecule has 1 N–H and O–H groups in total. The number of carbonyl (C=O) groups is 1. The van der Waals surface area contributed by atoms with Crippen molar-refractivity contribution in [1.29, 1.82) is 0 Å². The fourth-order valence-electron chi connectivity index (χ4n) is 2.89. The molecule has 0 aromatic carbocycles. The lowest BCUT2D eigenvalue weighted by molar-refractivity contribution is 0.102. The maximum Gasteiger partial charge on any atom is 0.266 e. The lowest BCUT2D eigenvalue weighted by Gasteiger charge is -2.23. The van der Waals surface area contributed by atoms with Crippen LogP contribution < -0.4 is 5.32 Å². The van der Waals surface area contributed by atoms with Crippen molar-refractivity contribution in [2.75, 3.05) is 5.32 Å². The fourth-order valence-corrected chi connectivity index (χ4v) is 3.82. The van der Waals surface area contributed by atoms with Gasteiger partial charge < -0.3 is 5.32 Å². The van der Waals surface area contributed by atoms with Gasteiger partial charge in [-0.1, -0.05) is 19.3 Å². The standard InChI is InChI=1S/C16H21N3OS/c1-11-10-14(21-12(11)2)16(20)18-15-8-9-17-19(15)13-6-4-3-5-7-13/h8-10,13H,3-7H2,1-2H3,(H,18,20). The maximum absolute atomic E-state index is 12.4. The Kier molecular flexibility index (Phi) is 4.10. The molecule has 0 saturated heterocycles. The minimum Gasteiger partial charge on any atom is -0.306 e. The van der Waals surface area contributed by atoms with Gasteiger partial charge in [0.25, 0.3) is 5.91 Å². The summed E-state index contributed by atoms with van der Waals surface area (Å²) in [6, 6.07) is 4.27. The summed E-state index contributed by atoms with van der Waals surface area (Å²) in [5.41, 5.74) is 1.17. The van der Waals surface area contributed by atoms with E-state index >= 15 is 0 Å². The molecule has 4 nitrogen and oxygen atoms in total. The molecule has 5 heteroatoms. The van der Waals surface area contributed by atoms with E-state index in [9.17, 15) is 4.79 Å². The molecule has 1 amide bonds. The van der Waals surface area contributed by atoms with E-state index < -0.39 is 0 Å². The average Bonchev–Trinajstić information content (AvgIpc) is 3.07. The Morgan fingerprint density at radius 2 is 2.10 bits per heavy atom. The summed E-state index contributed by atoms with van der Waals surface area (Å²) >= 11 is 1.54. The predicted octanol–water partition coefficient (Wildman–Crippen LogP) is 4.32. The monoisotopic (exact) mass is 303 g/mol. The molecule has 0 bridgehead atoms. The summed E-state index contributed by atoms with van der Waals surface area (Å²) in [5, 5.41) is 7.43. The van der Waals surface area contributed by atoms with E-state index in [1.165, 1.54) is 29.7 Å². The molecule has 0 aliphatic heterocycles. The number of nitrogens with zero attached hydrogens (tertiary/aromatic N) is 2. The van der Waals surface area contributed by atoms with E-state index in [0.29, 0.717) is 6.04 Å². The third kappa shape index (κ3) is 3.02. The zero-order chi connectivity index (χ0) is 14.8. The number of anilines is 1. The van der Waals surface area contributed by atoms with E-state index in [0.717, 1.165) is 23.5 Å². The Hall–Kier alpha value is -1.62. The van der Waals surface area contributed by atoms with Gasteiger partial charge >= 0.3 is 0 Å². The van der Waals surface area contributed by atoms with Gasteiger partial charge in [0.1, 0.15) is 5.82 Å². The number of nitrogens with one attached hydrogen (secondary N) is 1. The van der Waals surface area contributed by atoms with E-state index in [1.54, 1.807) is 17.5 Å². The molecule has 1 aliphatic rings. The lowest BCUT2D eigenvalue weighted by Crippen LogP contribution is -2.19. The third-order valence-corrected chi connectivity index (χ3v) is 5.37. The second-order valence-electron chi connectivity index (χ2n) is 5.76. The van der Waals surface area contributed by atoms with E-state index in [2.05, 4.69) is 10.4 Å². The van der Waals surface area contributed by atoms with Crippen molar-refractivity contribution in [3.05, 3.63) is 33.6 Å². The number of aryl methyl sites for hydroxylation is 2. The van der Waals surface area contributed by atoms with E-state index in [4.69, 9.17) is 0 Å². The van der Waals surface area contributed by atoms with Gasteiger partial charge in [0, 0.05) is 10.9 Å². The van der Waals surface area contributed by atoms with Crippen LogP contribution in [0, 0.1) is 13.8 Å². The highest BCUT2D eigenvalue weighted by molar-refractivity contribution is 7.14. The Morgan fingerprint density at radius 1 is 1.33 bits per heavy atom. The lowest BCUT2D eigenvalue weighted by atomic mass is 9.96. The second-order valence-corrected chi connectivity index (χ2v) is 7.01. The van der Waals surface area contributed by atoms with Crippen molar-refractivity contribution in [1.82, 2.24) is 9.78 Å². The van der Waals surface area contributed by atoms with Crippen LogP contribution in [0.4, 0.5) is 5.82 Å². The molecule has 0 atom stereocenters. The van der Waals surface area contributed by atoms with Gasteiger partial charge in [-0.15, -0.1) is 11.3 Å². The van der Waals surface area contributed by atoms with Gasteiger partial charge in [0.15, 0.2) is 0 Å². The number of hydrogen-bond donors (Lipinski definition) is 1. The second kappa shape index (κ2) is 6.02. The highest BCUT2D eigenvalue weighted by Gasteiger charge is 2.20. The van der Waals surface area contributed by atoms with Gasteiger partial charge in [-0.05, 0) is 38.3 Å². The van der Waals surface area contributed by atoms with Crippen molar-refractivity contribution in [3.63, 3.8) is 0 Å². The summed E-state index contributed by atoms with van der Waals surface area (Å²) in [5.74, 6) is 0.782. The topological polar surface area (TPSA) is 46.9 Å². The number of rotatable bonds is 3. The number of amides is 1. The number of aromatic nitrogens is 2. The first-order valence-corrected chi connectivity index (χ1v) is 8.38. The van der Waals surface area contributed by atoms with Gasteiger partial charge in [-0.25, -0.2) is 4.68 Å². The largest absolute Gasteiger partial charge is 0.306 e. The quantitative estimate of drug-likeness (QED) is 0.918. The Labute approximate surface area is 129 Å². The summed E-state index contributed by atoms with van der Waals surface area (Å²) < 4.78 is 1.99. The molecule has 1 fully saturated rings. The molecule has 0 radical (unpaired) electrons. The molecule has 0 unspecified atom stereocenters. The van der Waals surface area contributed by atoms with Gasteiger partial charge in [0.05, 0.1) is 17.1 Å². The Balaban J connectivity index is 1.76. The SMILES string of the molecule is Cc1cc(C(=O)Nc2ccnn2C2CCCCC2)sc1C. The highest BCUT2D eigenvalue weighted by Crippen LogP contribution is 2.30. The molecule has 3 rings (SSSR count). The molecule has 1 saturated carbocycles. The minimum atomic E-state index is -0.0336. The summed E-state index contributed by atoms with van der Waals surface area (Å²) in [6.45, 7) is 4.08. The molecule has 112 valence electrons. The maximum atomic E-state index is 12.4.